The standard InChI is InChI=1S/C17H19N3O5/c1-17(15(24)19-16(25)20-17)11-5-2-9(3-6-11)13(21)18-12-7-4-10(8-12)14(22)23/h2-3,5-6,10,12H,4,7-8H2,1H3,(H,18,21)(H,22,23)(H2,19,20,24,25)/t10-,12+,17?/m0/s1. The largest absolute Gasteiger partial charge is 0.481 e. The molecule has 1 aromatic rings. The maximum Gasteiger partial charge on any atom is 0.322 e. The van der Waals surface area contributed by atoms with E-state index in [0.717, 1.165) is 0 Å². The number of carboxylic acid groups (broad SMARTS) is 1. The minimum absolute atomic E-state index is 0.148. The van der Waals surface area contributed by atoms with Crippen molar-refractivity contribution >= 4 is 23.8 Å². The molecule has 132 valence electrons. The molecular weight excluding hydrogens is 326 g/mol. The highest BCUT2D eigenvalue weighted by Gasteiger charge is 2.43. The molecule has 1 aliphatic heterocycles. The van der Waals surface area contributed by atoms with Crippen LogP contribution in [0.2, 0.25) is 0 Å². The van der Waals surface area contributed by atoms with Gasteiger partial charge in [0.25, 0.3) is 11.8 Å². The highest BCUT2D eigenvalue weighted by molar-refractivity contribution is 6.07. The van der Waals surface area contributed by atoms with Crippen molar-refractivity contribution in [1.29, 1.82) is 0 Å². The second kappa shape index (κ2) is 6.19. The molecule has 1 saturated heterocycles. The zero-order valence-electron chi connectivity index (χ0n) is 13.7. The highest BCUT2D eigenvalue weighted by atomic mass is 16.4. The van der Waals surface area contributed by atoms with Crippen LogP contribution in [0.4, 0.5) is 4.79 Å². The number of urea groups is 1. The molecule has 0 radical (unpaired) electrons. The fraction of sp³-hybridized carbons (Fsp3) is 0.412. The topological polar surface area (TPSA) is 125 Å². The van der Waals surface area contributed by atoms with Crippen molar-refractivity contribution in [2.75, 3.05) is 0 Å². The first-order valence-corrected chi connectivity index (χ1v) is 8.07. The van der Waals surface area contributed by atoms with Gasteiger partial charge in [-0.3, -0.25) is 19.7 Å². The third-order valence-corrected chi connectivity index (χ3v) is 4.89. The van der Waals surface area contributed by atoms with Crippen LogP contribution < -0.4 is 16.0 Å². The minimum Gasteiger partial charge on any atom is -0.481 e. The molecule has 1 heterocycles. The lowest BCUT2D eigenvalue weighted by Crippen LogP contribution is -2.40. The molecule has 1 aromatic carbocycles. The number of carbonyl (C=O) groups excluding carboxylic acids is 3. The van der Waals surface area contributed by atoms with Crippen LogP contribution >= 0.6 is 0 Å². The summed E-state index contributed by atoms with van der Waals surface area (Å²) in [5.74, 6) is -1.96. The number of carboxylic acids is 1. The van der Waals surface area contributed by atoms with Crippen molar-refractivity contribution in [2.45, 2.75) is 37.8 Å². The Hall–Kier alpha value is -2.90. The van der Waals surface area contributed by atoms with Crippen molar-refractivity contribution in [3.8, 4) is 0 Å². The Bertz CT molecular complexity index is 745. The van der Waals surface area contributed by atoms with Crippen LogP contribution in [0, 0.1) is 5.92 Å². The van der Waals surface area contributed by atoms with Crippen LogP contribution in [0.3, 0.4) is 0 Å². The van der Waals surface area contributed by atoms with E-state index in [1.807, 2.05) is 0 Å². The summed E-state index contributed by atoms with van der Waals surface area (Å²) in [5.41, 5.74) is -0.179. The summed E-state index contributed by atoms with van der Waals surface area (Å²) in [6.07, 6.45) is 1.64. The molecule has 3 rings (SSSR count). The Morgan fingerprint density at radius 2 is 1.88 bits per heavy atom. The van der Waals surface area contributed by atoms with Crippen LogP contribution in [-0.2, 0) is 15.1 Å². The molecule has 0 bridgehead atoms. The van der Waals surface area contributed by atoms with Gasteiger partial charge < -0.3 is 15.7 Å². The molecular formula is C17H19N3O5. The highest BCUT2D eigenvalue weighted by Crippen LogP contribution is 2.27. The Morgan fingerprint density at radius 3 is 2.40 bits per heavy atom. The lowest BCUT2D eigenvalue weighted by atomic mass is 9.91. The van der Waals surface area contributed by atoms with Crippen molar-refractivity contribution in [3.63, 3.8) is 0 Å². The number of amides is 4. The predicted molar refractivity (Wildman–Crippen MR) is 86.7 cm³/mol. The van der Waals surface area contributed by atoms with Gasteiger partial charge in [0.2, 0.25) is 0 Å². The summed E-state index contributed by atoms with van der Waals surface area (Å²) in [5, 5.41) is 16.6. The van der Waals surface area contributed by atoms with Crippen LogP contribution in [0.1, 0.15) is 42.1 Å². The molecule has 8 nitrogen and oxygen atoms in total. The van der Waals surface area contributed by atoms with Gasteiger partial charge in [0.1, 0.15) is 5.54 Å². The Morgan fingerprint density at radius 1 is 1.20 bits per heavy atom. The van der Waals surface area contributed by atoms with Crippen molar-refractivity contribution in [3.05, 3.63) is 35.4 Å². The summed E-state index contributed by atoms with van der Waals surface area (Å²) >= 11 is 0. The lowest BCUT2D eigenvalue weighted by molar-refractivity contribution is -0.141. The van der Waals surface area contributed by atoms with Crippen molar-refractivity contribution in [2.24, 2.45) is 5.92 Å². The molecule has 1 aliphatic carbocycles. The van der Waals surface area contributed by atoms with Gasteiger partial charge in [0.15, 0.2) is 0 Å². The number of carbonyl (C=O) groups is 4. The summed E-state index contributed by atoms with van der Waals surface area (Å²) in [7, 11) is 0. The third kappa shape index (κ3) is 3.19. The first-order chi connectivity index (χ1) is 11.8. The number of nitrogens with one attached hydrogen (secondary N) is 3. The molecule has 1 saturated carbocycles. The second-order valence-electron chi connectivity index (χ2n) is 6.63. The number of benzene rings is 1. The third-order valence-electron chi connectivity index (χ3n) is 4.89. The number of rotatable bonds is 4. The fourth-order valence-corrected chi connectivity index (χ4v) is 3.31. The van der Waals surface area contributed by atoms with E-state index in [2.05, 4.69) is 16.0 Å². The zero-order chi connectivity index (χ0) is 18.2. The molecule has 2 aliphatic rings. The molecule has 25 heavy (non-hydrogen) atoms. The molecule has 1 unspecified atom stereocenters. The smallest absolute Gasteiger partial charge is 0.322 e. The Balaban J connectivity index is 1.66. The Kier molecular flexibility index (Phi) is 4.20. The summed E-state index contributed by atoms with van der Waals surface area (Å²) < 4.78 is 0. The van der Waals surface area contributed by atoms with E-state index in [1.165, 1.54) is 0 Å². The summed E-state index contributed by atoms with van der Waals surface area (Å²) in [6.45, 7) is 1.59. The normalized spacial score (nSPS) is 28.4. The molecule has 4 amide bonds. The molecule has 2 fully saturated rings. The van der Waals surface area contributed by atoms with Crippen LogP contribution in [-0.4, -0.2) is 35.0 Å². The predicted octanol–water partition coefficient (Wildman–Crippen LogP) is 0.724. The average molecular weight is 345 g/mol. The molecule has 8 heteroatoms. The first kappa shape index (κ1) is 16.9. The number of hydrogen-bond acceptors (Lipinski definition) is 4. The maximum absolute atomic E-state index is 12.3. The SMILES string of the molecule is CC1(c2ccc(C(=O)N[C@@H]3CC[C@H](C(=O)O)C3)cc2)NC(=O)NC1=O. The van der Waals surface area contributed by atoms with Gasteiger partial charge in [-0.15, -0.1) is 0 Å². The van der Waals surface area contributed by atoms with Crippen LogP contribution in [0.25, 0.3) is 0 Å². The maximum atomic E-state index is 12.3. The first-order valence-electron chi connectivity index (χ1n) is 8.07. The van der Waals surface area contributed by atoms with Gasteiger partial charge in [-0.25, -0.2) is 4.79 Å². The summed E-state index contributed by atoms with van der Waals surface area (Å²) in [6, 6.07) is 5.70. The molecule has 4 N–H and O–H groups in total. The van der Waals surface area contributed by atoms with Gasteiger partial charge in [-0.2, -0.15) is 0 Å². The van der Waals surface area contributed by atoms with E-state index >= 15 is 0 Å². The van der Waals surface area contributed by atoms with E-state index in [4.69, 9.17) is 5.11 Å². The van der Waals surface area contributed by atoms with Gasteiger partial charge >= 0.3 is 12.0 Å². The number of hydrogen-bond donors (Lipinski definition) is 4. The quantitative estimate of drug-likeness (QED) is 0.599. The fourth-order valence-electron chi connectivity index (χ4n) is 3.31. The van der Waals surface area contributed by atoms with E-state index in [1.54, 1.807) is 31.2 Å². The number of imide groups is 1. The van der Waals surface area contributed by atoms with E-state index in [9.17, 15) is 19.2 Å². The van der Waals surface area contributed by atoms with E-state index in [0.29, 0.717) is 30.4 Å². The zero-order valence-corrected chi connectivity index (χ0v) is 13.7. The van der Waals surface area contributed by atoms with Gasteiger partial charge in [0, 0.05) is 11.6 Å². The van der Waals surface area contributed by atoms with Crippen LogP contribution in [0.15, 0.2) is 24.3 Å². The molecule has 3 atom stereocenters. The van der Waals surface area contributed by atoms with Crippen molar-refractivity contribution < 1.29 is 24.3 Å². The van der Waals surface area contributed by atoms with E-state index in [-0.39, 0.29) is 11.9 Å². The van der Waals surface area contributed by atoms with Crippen molar-refractivity contribution in [1.82, 2.24) is 16.0 Å². The van der Waals surface area contributed by atoms with Gasteiger partial charge in [-0.05, 0) is 43.9 Å². The minimum atomic E-state index is -1.16. The lowest BCUT2D eigenvalue weighted by Gasteiger charge is -2.21. The molecule has 0 spiro atoms. The second-order valence-corrected chi connectivity index (χ2v) is 6.63. The monoisotopic (exact) mass is 345 g/mol. The van der Waals surface area contributed by atoms with Crippen LogP contribution in [0.5, 0.6) is 0 Å². The van der Waals surface area contributed by atoms with Gasteiger partial charge in [-0.1, -0.05) is 12.1 Å². The van der Waals surface area contributed by atoms with E-state index < -0.39 is 29.4 Å². The average Bonchev–Trinajstić information content (AvgIpc) is 3.13. The number of aliphatic carboxylic acids is 1. The van der Waals surface area contributed by atoms with Gasteiger partial charge in [0.05, 0.1) is 5.92 Å². The Labute approximate surface area is 144 Å². The summed E-state index contributed by atoms with van der Waals surface area (Å²) in [4.78, 5) is 46.5. The molecule has 0 aromatic heterocycles.